The van der Waals surface area contributed by atoms with Crippen molar-refractivity contribution in [1.29, 1.82) is 0 Å². The number of aromatic nitrogens is 4. The van der Waals surface area contributed by atoms with Crippen LogP contribution < -0.4 is 0 Å². The zero-order valence-corrected chi connectivity index (χ0v) is 16.9. The molecule has 0 saturated carbocycles. The smallest absolute Gasteiger partial charge is 0.172 e. The van der Waals surface area contributed by atoms with Crippen molar-refractivity contribution < 1.29 is 4.79 Å². The van der Waals surface area contributed by atoms with Gasteiger partial charge in [0.25, 0.3) is 0 Å². The number of hydrogen-bond acceptors (Lipinski definition) is 3. The monoisotopic (exact) mass is 372 g/mol. The van der Waals surface area contributed by atoms with Crippen molar-refractivity contribution in [3.05, 3.63) is 76.4 Å². The minimum atomic E-state index is 0.0692. The second kappa shape index (κ2) is 6.75. The molecular weight excluding hydrogens is 348 g/mol. The predicted molar refractivity (Wildman–Crippen MR) is 111 cm³/mol. The summed E-state index contributed by atoms with van der Waals surface area (Å²) in [5.41, 5.74) is 8.34. The van der Waals surface area contributed by atoms with Crippen molar-refractivity contribution in [3.8, 4) is 11.3 Å². The summed E-state index contributed by atoms with van der Waals surface area (Å²) >= 11 is 0. The molecule has 0 radical (unpaired) electrons. The molecule has 0 spiro atoms. The summed E-state index contributed by atoms with van der Waals surface area (Å²) in [6, 6.07) is 12.3. The highest BCUT2D eigenvalue weighted by Gasteiger charge is 2.22. The van der Waals surface area contributed by atoms with Crippen LogP contribution in [0.15, 0.2) is 42.6 Å². The Bertz CT molecular complexity index is 1200. The quantitative estimate of drug-likeness (QED) is 0.499. The number of nitrogens with zero attached hydrogens (tertiary/aromatic N) is 4. The molecule has 0 aliphatic carbocycles. The number of pyridine rings is 1. The Labute approximate surface area is 164 Å². The lowest BCUT2D eigenvalue weighted by molar-refractivity contribution is 0.0990. The number of rotatable bonds is 4. The van der Waals surface area contributed by atoms with Crippen LogP contribution in [0.2, 0.25) is 0 Å². The average Bonchev–Trinajstić information content (AvgIpc) is 3.12. The van der Waals surface area contributed by atoms with E-state index >= 15 is 0 Å². The van der Waals surface area contributed by atoms with Gasteiger partial charge in [-0.3, -0.25) is 9.48 Å². The molecule has 1 aromatic carbocycles. The number of ketones is 1. The van der Waals surface area contributed by atoms with E-state index in [9.17, 15) is 4.79 Å². The molecule has 4 rings (SSSR count). The molecule has 0 aliphatic heterocycles. The van der Waals surface area contributed by atoms with Crippen LogP contribution in [-0.4, -0.2) is 24.9 Å². The van der Waals surface area contributed by atoms with E-state index in [0.29, 0.717) is 5.56 Å². The summed E-state index contributed by atoms with van der Waals surface area (Å²) in [7, 11) is 1.87. The van der Waals surface area contributed by atoms with Gasteiger partial charge < -0.3 is 4.40 Å². The topological polar surface area (TPSA) is 52.2 Å². The van der Waals surface area contributed by atoms with Crippen molar-refractivity contribution in [2.45, 2.75) is 34.1 Å². The number of benzene rings is 1. The molecule has 0 saturated heterocycles. The largest absolute Gasteiger partial charge is 0.303 e. The maximum Gasteiger partial charge on any atom is 0.172 e. The first-order valence-electron chi connectivity index (χ1n) is 9.43. The van der Waals surface area contributed by atoms with Crippen LogP contribution in [0.25, 0.3) is 16.9 Å². The van der Waals surface area contributed by atoms with Crippen molar-refractivity contribution in [3.63, 3.8) is 0 Å². The van der Waals surface area contributed by atoms with Crippen LogP contribution in [0.5, 0.6) is 0 Å². The zero-order valence-electron chi connectivity index (χ0n) is 16.9. The lowest BCUT2D eigenvalue weighted by Crippen LogP contribution is -2.09. The minimum absolute atomic E-state index is 0.0692. The van der Waals surface area contributed by atoms with Gasteiger partial charge in [0.05, 0.1) is 29.1 Å². The first-order valence-corrected chi connectivity index (χ1v) is 9.43. The van der Waals surface area contributed by atoms with Gasteiger partial charge in [-0.15, -0.1) is 0 Å². The fraction of sp³-hybridized carbons (Fsp3) is 0.261. The zero-order chi connectivity index (χ0) is 20.0. The molecule has 0 fully saturated rings. The first kappa shape index (κ1) is 18.2. The minimum Gasteiger partial charge on any atom is -0.303 e. The molecule has 0 bridgehead atoms. The molecule has 28 heavy (non-hydrogen) atoms. The Balaban J connectivity index is 1.86. The SMILES string of the molecule is Cc1ccc(-c2nc3ccc(C)cn3c2CC(=O)c2c(C)nn(C)c2C)cc1. The number of carbonyl (C=O) groups is 1. The molecule has 0 unspecified atom stereocenters. The van der Waals surface area contributed by atoms with Crippen LogP contribution >= 0.6 is 0 Å². The number of Topliss-reactive ketones (excluding diaryl/α,β-unsaturated/α-hetero) is 1. The van der Waals surface area contributed by atoms with E-state index in [0.717, 1.165) is 39.5 Å². The second-order valence-electron chi connectivity index (χ2n) is 7.48. The van der Waals surface area contributed by atoms with Gasteiger partial charge in [0.2, 0.25) is 0 Å². The van der Waals surface area contributed by atoms with E-state index in [4.69, 9.17) is 4.98 Å². The Morgan fingerprint density at radius 3 is 2.29 bits per heavy atom. The van der Waals surface area contributed by atoms with E-state index in [1.54, 1.807) is 4.68 Å². The second-order valence-corrected chi connectivity index (χ2v) is 7.48. The van der Waals surface area contributed by atoms with Gasteiger partial charge in [-0.2, -0.15) is 5.10 Å². The van der Waals surface area contributed by atoms with Crippen LogP contribution in [0.4, 0.5) is 0 Å². The van der Waals surface area contributed by atoms with Crippen molar-refractivity contribution in [1.82, 2.24) is 19.2 Å². The fourth-order valence-corrected chi connectivity index (χ4v) is 3.73. The fourth-order valence-electron chi connectivity index (χ4n) is 3.73. The summed E-state index contributed by atoms with van der Waals surface area (Å²) in [5, 5.41) is 4.40. The molecule has 0 aliphatic rings. The molecule has 142 valence electrons. The average molecular weight is 372 g/mol. The molecule has 3 aromatic heterocycles. The van der Waals surface area contributed by atoms with E-state index in [1.165, 1.54) is 5.56 Å². The number of hydrogen-bond donors (Lipinski definition) is 0. The van der Waals surface area contributed by atoms with Crippen LogP contribution in [0.3, 0.4) is 0 Å². The number of fused-ring (bicyclic) bond motifs is 1. The van der Waals surface area contributed by atoms with Crippen LogP contribution in [0.1, 0.15) is 38.6 Å². The van der Waals surface area contributed by atoms with Crippen LogP contribution in [-0.2, 0) is 13.5 Å². The Hall–Kier alpha value is -3.21. The van der Waals surface area contributed by atoms with Gasteiger partial charge in [-0.05, 0) is 39.3 Å². The van der Waals surface area contributed by atoms with Gasteiger partial charge in [-0.1, -0.05) is 35.9 Å². The van der Waals surface area contributed by atoms with Gasteiger partial charge >= 0.3 is 0 Å². The maximum atomic E-state index is 13.2. The van der Waals surface area contributed by atoms with E-state index in [1.807, 2.05) is 50.5 Å². The van der Waals surface area contributed by atoms with Crippen LogP contribution in [0, 0.1) is 27.7 Å². The maximum absolute atomic E-state index is 13.2. The Morgan fingerprint density at radius 1 is 0.964 bits per heavy atom. The van der Waals surface area contributed by atoms with Crippen molar-refractivity contribution in [2.75, 3.05) is 0 Å². The summed E-state index contributed by atoms with van der Waals surface area (Å²) in [5.74, 6) is 0.0692. The molecular formula is C23H24N4O. The molecule has 4 aromatic rings. The molecule has 5 nitrogen and oxygen atoms in total. The summed E-state index contributed by atoms with van der Waals surface area (Å²) in [6.07, 6.45) is 2.33. The molecule has 0 amide bonds. The molecule has 0 atom stereocenters. The van der Waals surface area contributed by atoms with Crippen molar-refractivity contribution in [2.24, 2.45) is 7.05 Å². The molecule has 5 heteroatoms. The Kier molecular flexibility index (Phi) is 4.38. The summed E-state index contributed by atoms with van der Waals surface area (Å²) in [6.45, 7) is 7.94. The standard InChI is InChI=1S/C23H24N4O/c1-14-6-9-18(10-7-14)23-19(27-13-15(2)8-11-21(27)24-23)12-20(28)22-16(3)25-26(5)17(22)4/h6-11,13H,12H2,1-5H3. The highest BCUT2D eigenvalue weighted by atomic mass is 16.1. The van der Waals surface area contributed by atoms with E-state index in [2.05, 4.69) is 36.3 Å². The first-order chi connectivity index (χ1) is 13.3. The lowest BCUT2D eigenvalue weighted by Gasteiger charge is -2.07. The summed E-state index contributed by atoms with van der Waals surface area (Å²) in [4.78, 5) is 18.1. The third-order valence-electron chi connectivity index (χ3n) is 5.31. The van der Waals surface area contributed by atoms with E-state index in [-0.39, 0.29) is 12.2 Å². The van der Waals surface area contributed by atoms with Gasteiger partial charge in [-0.25, -0.2) is 4.98 Å². The Morgan fingerprint density at radius 2 is 1.64 bits per heavy atom. The highest BCUT2D eigenvalue weighted by molar-refractivity contribution is 6.00. The normalized spacial score (nSPS) is 11.3. The molecule has 0 N–H and O–H groups in total. The summed E-state index contributed by atoms with van der Waals surface area (Å²) < 4.78 is 3.81. The number of aryl methyl sites for hydroxylation is 4. The van der Waals surface area contributed by atoms with Crippen molar-refractivity contribution >= 4 is 11.4 Å². The predicted octanol–water partition coefficient (Wildman–Crippen LogP) is 4.39. The van der Waals surface area contributed by atoms with Gasteiger partial charge in [0, 0.05) is 24.5 Å². The van der Waals surface area contributed by atoms with Gasteiger partial charge in [0.15, 0.2) is 5.78 Å². The van der Waals surface area contributed by atoms with E-state index < -0.39 is 0 Å². The third-order valence-corrected chi connectivity index (χ3v) is 5.31. The lowest BCUT2D eigenvalue weighted by atomic mass is 10.0. The van der Waals surface area contributed by atoms with Gasteiger partial charge in [0.1, 0.15) is 5.65 Å². The third kappa shape index (κ3) is 3.03. The molecule has 3 heterocycles. The number of carbonyl (C=O) groups excluding carboxylic acids is 1. The highest BCUT2D eigenvalue weighted by Crippen LogP contribution is 2.27. The number of imidazole rings is 1.